The molecule has 2 aliphatic rings. The number of nitriles is 1. The van der Waals surface area contributed by atoms with Crippen LogP contribution in [-0.2, 0) is 4.74 Å². The molecule has 1 saturated carbocycles. The van der Waals surface area contributed by atoms with Gasteiger partial charge in [-0.05, 0) is 74.8 Å². The Morgan fingerprint density at radius 2 is 1.80 bits per heavy atom. The average molecular weight is 572 g/mol. The van der Waals surface area contributed by atoms with Gasteiger partial charge in [0.05, 0.1) is 22.2 Å². The highest BCUT2D eigenvalue weighted by molar-refractivity contribution is 6.33. The minimum Gasteiger partial charge on any atom is -0.424 e. The Labute approximate surface area is 244 Å². The maximum absolute atomic E-state index is 9.76. The number of hydrogen-bond acceptors (Lipinski definition) is 9. The number of halogens is 1. The van der Waals surface area contributed by atoms with Gasteiger partial charge in [0.25, 0.3) is 6.01 Å². The first-order chi connectivity index (χ1) is 20.1. The Bertz CT molecular complexity index is 1490. The number of ether oxygens (including phenoxy) is 1. The largest absolute Gasteiger partial charge is 0.424 e. The Kier molecular flexibility index (Phi) is 8.21. The van der Waals surface area contributed by atoms with Crippen LogP contribution in [0, 0.1) is 22.7 Å². The van der Waals surface area contributed by atoms with Crippen molar-refractivity contribution < 1.29 is 9.15 Å². The fourth-order valence-electron chi connectivity index (χ4n) is 5.65. The van der Waals surface area contributed by atoms with E-state index in [2.05, 4.69) is 32.0 Å². The Morgan fingerprint density at radius 1 is 0.976 bits per heavy atom. The molecule has 0 radical (unpaired) electrons. The fourth-order valence-corrected chi connectivity index (χ4v) is 5.85. The molecule has 3 N–H and O–H groups in total. The molecule has 0 spiro atoms. The van der Waals surface area contributed by atoms with E-state index in [1.807, 2.05) is 48.5 Å². The van der Waals surface area contributed by atoms with Crippen LogP contribution in [0.5, 0.6) is 0 Å². The van der Waals surface area contributed by atoms with Gasteiger partial charge in [0.2, 0.25) is 0 Å². The average Bonchev–Trinajstić information content (AvgIpc) is 3.44. The molecule has 1 aromatic carbocycles. The lowest BCUT2D eigenvalue weighted by Crippen LogP contribution is -2.34. The number of pyridine rings is 2. The minimum atomic E-state index is -0.430. The van der Waals surface area contributed by atoms with Gasteiger partial charge < -0.3 is 25.1 Å². The number of anilines is 3. The summed E-state index contributed by atoms with van der Waals surface area (Å²) in [5.41, 5.74) is 2.83. The third-order valence-electron chi connectivity index (χ3n) is 8.21. The fraction of sp³-hybridized carbons (Fsp3) is 0.419. The van der Waals surface area contributed by atoms with Gasteiger partial charge in [-0.1, -0.05) is 29.8 Å². The van der Waals surface area contributed by atoms with Crippen LogP contribution in [0.1, 0.15) is 38.5 Å². The summed E-state index contributed by atoms with van der Waals surface area (Å²) in [4.78, 5) is 13.9. The molecule has 10 heteroatoms. The van der Waals surface area contributed by atoms with Crippen LogP contribution in [0.25, 0.3) is 22.4 Å². The van der Waals surface area contributed by atoms with E-state index in [-0.39, 0.29) is 0 Å². The first-order valence-corrected chi connectivity index (χ1v) is 14.7. The first kappa shape index (κ1) is 27.3. The number of rotatable bonds is 9. The van der Waals surface area contributed by atoms with Crippen LogP contribution in [-0.4, -0.2) is 47.3 Å². The summed E-state index contributed by atoms with van der Waals surface area (Å²) in [5.74, 6) is 2.08. The number of hydrogen-bond donors (Lipinski definition) is 3. The molecule has 0 unspecified atom stereocenters. The number of oxazole rings is 1. The maximum Gasteiger partial charge on any atom is 0.295 e. The molecule has 41 heavy (non-hydrogen) atoms. The predicted octanol–water partition coefficient (Wildman–Crippen LogP) is 6.75. The monoisotopic (exact) mass is 571 g/mol. The molecule has 2 fully saturated rings. The smallest absolute Gasteiger partial charge is 0.295 e. The van der Waals surface area contributed by atoms with Crippen molar-refractivity contribution in [2.24, 2.45) is 11.3 Å². The van der Waals surface area contributed by atoms with Crippen molar-refractivity contribution in [3.63, 3.8) is 0 Å². The van der Waals surface area contributed by atoms with Gasteiger partial charge in [-0.15, -0.1) is 0 Å². The molecule has 1 aliphatic heterocycles. The first-order valence-electron chi connectivity index (χ1n) is 14.3. The van der Waals surface area contributed by atoms with Gasteiger partial charge in [0.1, 0.15) is 17.2 Å². The molecular formula is C31H34ClN7O2. The third-order valence-corrected chi connectivity index (χ3v) is 8.51. The molecule has 0 bridgehead atoms. The quantitative estimate of drug-likeness (QED) is 0.200. The predicted molar refractivity (Wildman–Crippen MR) is 161 cm³/mol. The minimum absolute atomic E-state index is 0.347. The van der Waals surface area contributed by atoms with Crippen molar-refractivity contribution in [3.05, 3.63) is 59.8 Å². The van der Waals surface area contributed by atoms with Crippen LogP contribution in [0.15, 0.2) is 59.1 Å². The Morgan fingerprint density at radius 3 is 2.61 bits per heavy atom. The molecule has 9 nitrogen and oxygen atoms in total. The van der Waals surface area contributed by atoms with E-state index in [4.69, 9.17) is 25.7 Å². The zero-order valence-corrected chi connectivity index (χ0v) is 23.7. The zero-order chi connectivity index (χ0) is 28.1. The zero-order valence-electron chi connectivity index (χ0n) is 22.9. The van der Waals surface area contributed by atoms with Gasteiger partial charge in [-0.2, -0.15) is 10.2 Å². The van der Waals surface area contributed by atoms with Crippen LogP contribution < -0.4 is 16.0 Å². The van der Waals surface area contributed by atoms with Crippen LogP contribution >= 0.6 is 11.6 Å². The second-order valence-electron chi connectivity index (χ2n) is 11.0. The summed E-state index contributed by atoms with van der Waals surface area (Å²) in [6, 6.07) is 19.0. The second-order valence-corrected chi connectivity index (χ2v) is 11.5. The molecule has 4 aromatic rings. The van der Waals surface area contributed by atoms with E-state index >= 15 is 0 Å². The van der Waals surface area contributed by atoms with Crippen molar-refractivity contribution in [1.82, 2.24) is 15.0 Å². The molecule has 0 atom stereocenters. The number of aromatic nitrogens is 3. The SMILES string of the molecule is N#CC1(CNc2cccc(-c3cc(N[C@H]4CC[C@H](CNc5nc6ccccc6o5)CC4)ncc3Cl)n2)CCOCC1. The van der Waals surface area contributed by atoms with Crippen LogP contribution in [0.3, 0.4) is 0 Å². The van der Waals surface area contributed by atoms with Gasteiger partial charge in [0.15, 0.2) is 5.58 Å². The van der Waals surface area contributed by atoms with E-state index in [1.54, 1.807) is 6.20 Å². The molecule has 1 aliphatic carbocycles. The summed E-state index contributed by atoms with van der Waals surface area (Å²) >= 11 is 6.57. The highest BCUT2D eigenvalue weighted by atomic mass is 35.5. The maximum atomic E-state index is 9.76. The van der Waals surface area contributed by atoms with Crippen molar-refractivity contribution >= 4 is 40.4 Å². The number of nitrogens with one attached hydrogen (secondary N) is 3. The van der Waals surface area contributed by atoms with E-state index in [0.717, 1.165) is 79.1 Å². The Hall–Kier alpha value is -3.87. The van der Waals surface area contributed by atoms with Gasteiger partial charge in [-0.3, -0.25) is 0 Å². The van der Waals surface area contributed by atoms with Crippen molar-refractivity contribution in [2.75, 3.05) is 42.3 Å². The summed E-state index contributed by atoms with van der Waals surface area (Å²) < 4.78 is 11.2. The molecule has 6 rings (SSSR count). The Balaban J connectivity index is 1.03. The third kappa shape index (κ3) is 6.55. The molecule has 212 valence electrons. The number of fused-ring (bicyclic) bond motifs is 1. The number of nitrogens with zero attached hydrogens (tertiary/aromatic N) is 4. The summed E-state index contributed by atoms with van der Waals surface area (Å²) in [6.07, 6.45) is 7.46. The van der Waals surface area contributed by atoms with Gasteiger partial charge in [-0.25, -0.2) is 9.97 Å². The van der Waals surface area contributed by atoms with E-state index < -0.39 is 5.41 Å². The highest BCUT2D eigenvalue weighted by Crippen LogP contribution is 2.33. The highest BCUT2D eigenvalue weighted by Gasteiger charge is 2.32. The van der Waals surface area contributed by atoms with Crippen LogP contribution in [0.4, 0.5) is 17.7 Å². The summed E-state index contributed by atoms with van der Waals surface area (Å²) in [6.45, 7) is 2.61. The molecule has 4 heterocycles. The van der Waals surface area contributed by atoms with E-state index in [9.17, 15) is 5.26 Å². The lowest BCUT2D eigenvalue weighted by atomic mass is 9.82. The lowest BCUT2D eigenvalue weighted by molar-refractivity contribution is 0.0455. The number of para-hydroxylation sites is 2. The number of benzene rings is 1. The van der Waals surface area contributed by atoms with Crippen molar-refractivity contribution in [2.45, 2.75) is 44.6 Å². The second kappa shape index (κ2) is 12.3. The topological polar surface area (TPSA) is 121 Å². The van der Waals surface area contributed by atoms with Crippen LogP contribution in [0.2, 0.25) is 5.02 Å². The lowest BCUT2D eigenvalue weighted by Gasteiger charge is -2.30. The molecular weight excluding hydrogens is 538 g/mol. The molecule has 1 saturated heterocycles. The summed E-state index contributed by atoms with van der Waals surface area (Å²) in [5, 5.41) is 20.7. The van der Waals surface area contributed by atoms with E-state index in [0.29, 0.717) is 42.8 Å². The van der Waals surface area contributed by atoms with E-state index in [1.165, 1.54) is 0 Å². The molecule has 3 aromatic heterocycles. The van der Waals surface area contributed by atoms with Crippen molar-refractivity contribution in [1.29, 1.82) is 5.26 Å². The standard InChI is InChI=1S/C31H34ClN7O2/c32-24-18-34-29(16-23(24)25-5-3-7-28(38-25)36-20-31(19-33)12-14-40-15-13-31)37-22-10-8-21(9-11-22)17-35-30-39-26-4-1-2-6-27(26)41-30/h1-7,16,18,21-22H,8-15,17,20H2,(H,34,37)(H,35,39)(H,36,38)/t21-,22-. The summed E-state index contributed by atoms with van der Waals surface area (Å²) in [7, 11) is 0. The van der Waals surface area contributed by atoms with Gasteiger partial charge in [0, 0.05) is 44.1 Å². The normalized spacial score (nSPS) is 20.3. The molecule has 0 amide bonds. The van der Waals surface area contributed by atoms with Crippen molar-refractivity contribution in [3.8, 4) is 17.3 Å². The van der Waals surface area contributed by atoms with Gasteiger partial charge >= 0.3 is 0 Å².